The van der Waals surface area contributed by atoms with Gasteiger partial charge in [-0.2, -0.15) is 0 Å². The highest BCUT2D eigenvalue weighted by molar-refractivity contribution is 5.96. The zero-order valence-corrected chi connectivity index (χ0v) is 20.3. The molecule has 0 unspecified atom stereocenters. The molecule has 6 heteroatoms. The van der Waals surface area contributed by atoms with Crippen LogP contribution in [0.4, 0.5) is 0 Å². The summed E-state index contributed by atoms with van der Waals surface area (Å²) in [4.78, 5) is 27.4. The molecule has 6 nitrogen and oxygen atoms in total. The van der Waals surface area contributed by atoms with E-state index in [4.69, 9.17) is 0 Å². The summed E-state index contributed by atoms with van der Waals surface area (Å²) in [7, 11) is 0. The van der Waals surface area contributed by atoms with Gasteiger partial charge in [0.05, 0.1) is 0 Å². The molecule has 1 aromatic heterocycles. The molecular weight excluding hydrogens is 426 g/mol. The van der Waals surface area contributed by atoms with Crippen LogP contribution in [0.15, 0.2) is 79.1 Å². The number of aromatic hydroxyl groups is 1. The van der Waals surface area contributed by atoms with Gasteiger partial charge in [0.2, 0.25) is 11.8 Å². The molecule has 3 N–H and O–H groups in total. The molecule has 0 aliphatic rings. The summed E-state index contributed by atoms with van der Waals surface area (Å²) in [5.74, 6) is -0.761. The van der Waals surface area contributed by atoms with Gasteiger partial charge < -0.3 is 15.7 Å². The Labute approximate surface area is 204 Å². The Balaban J connectivity index is 1.98. The van der Waals surface area contributed by atoms with Crippen LogP contribution in [0.25, 0.3) is 0 Å². The first kappa shape index (κ1) is 28.6. The lowest BCUT2D eigenvalue weighted by molar-refractivity contribution is -0.121. The molecule has 0 atom stereocenters. The number of nitrogens with zero attached hydrogens (tertiary/aromatic N) is 1. The molecule has 1 aromatic rings. The summed E-state index contributed by atoms with van der Waals surface area (Å²) >= 11 is 0. The van der Waals surface area contributed by atoms with Crippen molar-refractivity contribution in [2.75, 3.05) is 13.1 Å². The van der Waals surface area contributed by atoms with Crippen molar-refractivity contribution in [3.8, 4) is 5.88 Å². The maximum absolute atomic E-state index is 11.9. The number of aromatic nitrogens is 1. The molecule has 0 bridgehead atoms. The molecule has 184 valence electrons. The number of hydrogen-bond acceptors (Lipinski definition) is 4. The van der Waals surface area contributed by atoms with E-state index in [1.54, 1.807) is 6.07 Å². The van der Waals surface area contributed by atoms with Gasteiger partial charge in [-0.3, -0.25) is 9.59 Å². The van der Waals surface area contributed by atoms with Crippen LogP contribution in [0.5, 0.6) is 5.88 Å². The number of pyridine rings is 1. The molecule has 0 aliphatic heterocycles. The smallest absolute Gasteiger partial charge is 0.256 e. The van der Waals surface area contributed by atoms with Crippen molar-refractivity contribution in [2.45, 2.75) is 58.3 Å². The van der Waals surface area contributed by atoms with Crippen molar-refractivity contribution in [3.63, 3.8) is 0 Å². The van der Waals surface area contributed by atoms with Crippen LogP contribution < -0.4 is 10.6 Å². The molecule has 0 radical (unpaired) electrons. The molecule has 0 saturated carbocycles. The Bertz CT molecular complexity index is 854. The predicted octanol–water partition coefficient (Wildman–Crippen LogP) is 5.55. The molecule has 1 rings (SSSR count). The second kappa shape index (κ2) is 20.2. The molecule has 0 spiro atoms. The van der Waals surface area contributed by atoms with E-state index in [0.29, 0.717) is 13.0 Å². The fourth-order valence-electron chi connectivity index (χ4n) is 2.88. The van der Waals surface area contributed by atoms with Crippen LogP contribution in [0, 0.1) is 0 Å². The number of allylic oxidation sites excluding steroid dienone is 10. The number of unbranched alkanes of at least 4 members (excludes halogenated alkanes) is 1. The Kier molecular flexibility index (Phi) is 17.0. The number of rotatable bonds is 17. The van der Waals surface area contributed by atoms with Gasteiger partial charge in [-0.15, -0.1) is 0 Å². The second-order valence-corrected chi connectivity index (χ2v) is 7.58. The lowest BCUT2D eigenvalue weighted by Crippen LogP contribution is -2.34. The molecule has 0 saturated heterocycles. The second-order valence-electron chi connectivity index (χ2n) is 7.58. The summed E-state index contributed by atoms with van der Waals surface area (Å²) in [6.07, 6.45) is 30.1. The third-order valence-corrected chi connectivity index (χ3v) is 4.70. The first-order valence-corrected chi connectivity index (χ1v) is 12.1. The zero-order chi connectivity index (χ0) is 24.7. The van der Waals surface area contributed by atoms with Gasteiger partial charge in [-0.1, -0.05) is 67.7 Å². The minimum atomic E-state index is -0.418. The van der Waals surface area contributed by atoms with Gasteiger partial charge >= 0.3 is 0 Å². The summed E-state index contributed by atoms with van der Waals surface area (Å²) < 4.78 is 0. The highest BCUT2D eigenvalue weighted by Gasteiger charge is 2.10. The van der Waals surface area contributed by atoms with Gasteiger partial charge in [-0.25, -0.2) is 4.98 Å². The summed E-state index contributed by atoms with van der Waals surface area (Å²) in [6, 6.07) is 3.07. The van der Waals surface area contributed by atoms with Crippen LogP contribution in [0.1, 0.15) is 68.6 Å². The summed E-state index contributed by atoms with van der Waals surface area (Å²) in [5, 5.41) is 15.0. The number of carbonyl (C=O) groups is 2. The third kappa shape index (κ3) is 15.4. The van der Waals surface area contributed by atoms with Crippen LogP contribution in [0.3, 0.4) is 0 Å². The average molecular weight is 466 g/mol. The molecule has 1 heterocycles. The number of hydrogen-bond donors (Lipinski definition) is 3. The minimum Gasteiger partial charge on any atom is -0.493 e. The standard InChI is InChI=1S/C28H39N3O3/c1-2-3-4-5-6-7-8-9-10-11-12-13-14-15-16-17-18-21-26(32)29-23-24-31-28(34)25-20-19-22-30-27(25)33/h3-4,6-7,9-10,12-13,15-16,19-20,22H,2,5,8,11,14,17-18,21,23-24H2,1H3,(H,29,32)(H,30,33)(H,31,34). The molecule has 0 aliphatic carbocycles. The molecule has 2 amide bonds. The van der Waals surface area contributed by atoms with Crippen LogP contribution in [-0.4, -0.2) is 35.0 Å². The first-order chi connectivity index (χ1) is 16.6. The molecule has 0 fully saturated rings. The Hall–Kier alpha value is -3.41. The molecule has 34 heavy (non-hydrogen) atoms. The van der Waals surface area contributed by atoms with Crippen molar-refractivity contribution in [3.05, 3.63) is 84.7 Å². The largest absolute Gasteiger partial charge is 0.493 e. The van der Waals surface area contributed by atoms with Crippen molar-refractivity contribution in [1.29, 1.82) is 0 Å². The fraction of sp³-hybridized carbons (Fsp3) is 0.393. The van der Waals surface area contributed by atoms with E-state index in [1.807, 2.05) is 0 Å². The first-order valence-electron chi connectivity index (χ1n) is 12.1. The predicted molar refractivity (Wildman–Crippen MR) is 140 cm³/mol. The lowest BCUT2D eigenvalue weighted by Gasteiger charge is -2.07. The highest BCUT2D eigenvalue weighted by atomic mass is 16.3. The van der Waals surface area contributed by atoms with E-state index in [-0.39, 0.29) is 23.9 Å². The normalized spacial score (nSPS) is 12.0. The SMILES string of the molecule is CCC=CCC=CCC=CCC=CCC=CCCCC(=O)NCCNC(=O)c1cccnc1O. The Morgan fingerprint density at radius 1 is 0.853 bits per heavy atom. The Morgan fingerprint density at radius 2 is 1.41 bits per heavy atom. The zero-order valence-electron chi connectivity index (χ0n) is 20.3. The summed E-state index contributed by atoms with van der Waals surface area (Å²) in [6.45, 7) is 2.77. The summed E-state index contributed by atoms with van der Waals surface area (Å²) in [5.41, 5.74) is 0.117. The van der Waals surface area contributed by atoms with Gasteiger partial charge in [0.15, 0.2) is 0 Å². The van der Waals surface area contributed by atoms with E-state index in [9.17, 15) is 14.7 Å². The molecule has 0 aromatic carbocycles. The monoisotopic (exact) mass is 465 g/mol. The van der Waals surface area contributed by atoms with Gasteiger partial charge in [0, 0.05) is 25.7 Å². The highest BCUT2D eigenvalue weighted by Crippen LogP contribution is 2.10. The van der Waals surface area contributed by atoms with E-state index in [0.717, 1.165) is 44.9 Å². The van der Waals surface area contributed by atoms with E-state index in [2.05, 4.69) is 83.3 Å². The van der Waals surface area contributed by atoms with Gasteiger partial charge in [0.25, 0.3) is 5.91 Å². The van der Waals surface area contributed by atoms with Crippen molar-refractivity contribution < 1.29 is 14.7 Å². The lowest BCUT2D eigenvalue weighted by atomic mass is 10.2. The van der Waals surface area contributed by atoms with Crippen LogP contribution in [0.2, 0.25) is 0 Å². The van der Waals surface area contributed by atoms with E-state index in [1.165, 1.54) is 12.3 Å². The van der Waals surface area contributed by atoms with Crippen LogP contribution >= 0.6 is 0 Å². The van der Waals surface area contributed by atoms with Gasteiger partial charge in [0.1, 0.15) is 5.56 Å². The quantitative estimate of drug-likeness (QED) is 0.208. The fourth-order valence-corrected chi connectivity index (χ4v) is 2.88. The number of nitrogens with one attached hydrogen (secondary N) is 2. The van der Waals surface area contributed by atoms with E-state index >= 15 is 0 Å². The third-order valence-electron chi connectivity index (χ3n) is 4.70. The van der Waals surface area contributed by atoms with Gasteiger partial charge in [-0.05, 0) is 57.1 Å². The number of amides is 2. The van der Waals surface area contributed by atoms with Crippen molar-refractivity contribution in [2.24, 2.45) is 0 Å². The average Bonchev–Trinajstić information content (AvgIpc) is 2.84. The van der Waals surface area contributed by atoms with Crippen molar-refractivity contribution in [1.82, 2.24) is 15.6 Å². The minimum absolute atomic E-state index is 0.0363. The molecular formula is C28H39N3O3. The topological polar surface area (TPSA) is 91.3 Å². The van der Waals surface area contributed by atoms with Crippen molar-refractivity contribution >= 4 is 11.8 Å². The maximum Gasteiger partial charge on any atom is 0.256 e. The number of carbonyl (C=O) groups excluding carboxylic acids is 2. The van der Waals surface area contributed by atoms with E-state index < -0.39 is 5.91 Å². The Morgan fingerprint density at radius 3 is 2.00 bits per heavy atom. The van der Waals surface area contributed by atoms with Crippen LogP contribution in [-0.2, 0) is 4.79 Å². The maximum atomic E-state index is 11.9.